The quantitative estimate of drug-likeness (QED) is 0.810. The molecule has 19 heavy (non-hydrogen) atoms. The molecule has 2 N–H and O–H groups in total. The van der Waals surface area contributed by atoms with Crippen molar-refractivity contribution in [2.24, 2.45) is 5.92 Å². The molecule has 3 fully saturated rings. The lowest BCUT2D eigenvalue weighted by molar-refractivity contribution is 0.0815. The number of anilines is 1. The Morgan fingerprint density at radius 3 is 2.47 bits per heavy atom. The fourth-order valence-corrected chi connectivity index (χ4v) is 3.37. The van der Waals surface area contributed by atoms with Crippen molar-refractivity contribution in [2.75, 3.05) is 25.0 Å². The molecule has 1 unspecified atom stereocenters. The van der Waals surface area contributed by atoms with E-state index in [1.807, 2.05) is 0 Å². The summed E-state index contributed by atoms with van der Waals surface area (Å²) in [7, 11) is 0. The predicted molar refractivity (Wildman–Crippen MR) is 83.5 cm³/mol. The van der Waals surface area contributed by atoms with Gasteiger partial charge in [-0.05, 0) is 63.1 Å². The second-order valence-corrected chi connectivity index (χ2v) is 6.12. The van der Waals surface area contributed by atoms with Gasteiger partial charge >= 0.3 is 0 Å². The molecule has 1 aromatic rings. The van der Waals surface area contributed by atoms with Crippen LogP contribution in [-0.2, 0) is 0 Å². The van der Waals surface area contributed by atoms with Crippen molar-refractivity contribution < 1.29 is 0 Å². The first-order valence-corrected chi connectivity index (χ1v) is 7.48. The summed E-state index contributed by atoms with van der Waals surface area (Å²) in [6.07, 6.45) is 2.62. The fraction of sp³-hybridized carbons (Fsp3) is 0.533. The molecule has 102 valence electrons. The highest BCUT2D eigenvalue weighted by atomic mass is 32.1. The molecule has 0 aromatic heterocycles. The molecule has 3 saturated heterocycles. The molecule has 0 saturated carbocycles. The summed E-state index contributed by atoms with van der Waals surface area (Å²) < 4.78 is 0. The number of nitrogens with zero attached hydrogens (tertiary/aromatic N) is 1. The van der Waals surface area contributed by atoms with Crippen molar-refractivity contribution in [3.8, 4) is 0 Å². The van der Waals surface area contributed by atoms with E-state index in [-0.39, 0.29) is 0 Å². The molecule has 4 heteroatoms. The Hall–Kier alpha value is -1.13. The highest BCUT2D eigenvalue weighted by Gasteiger charge is 2.34. The molecule has 0 amide bonds. The molecule has 3 nitrogen and oxygen atoms in total. The molecule has 1 atom stereocenters. The van der Waals surface area contributed by atoms with Gasteiger partial charge in [0, 0.05) is 18.3 Å². The van der Waals surface area contributed by atoms with Gasteiger partial charge in [0.1, 0.15) is 0 Å². The number of aryl methyl sites for hydroxylation is 1. The summed E-state index contributed by atoms with van der Waals surface area (Å²) in [6, 6.07) is 8.85. The van der Waals surface area contributed by atoms with Gasteiger partial charge in [-0.3, -0.25) is 0 Å². The Morgan fingerprint density at radius 1 is 1.21 bits per heavy atom. The number of nitrogens with one attached hydrogen (secondary N) is 2. The Bertz CT molecular complexity index is 449. The van der Waals surface area contributed by atoms with Gasteiger partial charge < -0.3 is 15.5 Å². The van der Waals surface area contributed by atoms with Crippen LogP contribution in [0.15, 0.2) is 24.3 Å². The molecule has 0 spiro atoms. The van der Waals surface area contributed by atoms with Crippen LogP contribution in [0.3, 0.4) is 0 Å². The number of fused-ring (bicyclic) bond motifs is 3. The highest BCUT2D eigenvalue weighted by molar-refractivity contribution is 7.80. The second-order valence-electron chi connectivity index (χ2n) is 5.71. The predicted octanol–water partition coefficient (Wildman–Crippen LogP) is 2.38. The van der Waals surface area contributed by atoms with Crippen LogP contribution in [0.4, 0.5) is 5.69 Å². The van der Waals surface area contributed by atoms with Gasteiger partial charge in [-0.2, -0.15) is 0 Å². The van der Waals surface area contributed by atoms with Crippen LogP contribution >= 0.6 is 12.2 Å². The van der Waals surface area contributed by atoms with Crippen molar-refractivity contribution in [3.05, 3.63) is 29.8 Å². The number of rotatable bonds is 2. The van der Waals surface area contributed by atoms with Crippen LogP contribution in [0, 0.1) is 12.8 Å². The van der Waals surface area contributed by atoms with Crippen molar-refractivity contribution in [2.45, 2.75) is 25.8 Å². The minimum absolute atomic E-state index is 0.521. The molecule has 2 bridgehead atoms. The van der Waals surface area contributed by atoms with Gasteiger partial charge in [0.25, 0.3) is 0 Å². The topological polar surface area (TPSA) is 27.3 Å². The molecule has 3 aliphatic heterocycles. The average Bonchev–Trinajstić information content (AvgIpc) is 2.43. The molecule has 0 radical (unpaired) electrons. The molecule has 4 rings (SSSR count). The Morgan fingerprint density at radius 2 is 1.89 bits per heavy atom. The SMILES string of the molecule is Cc1ccc(NC(=S)NC2CN3CCC2CC3)cc1. The standard InChI is InChI=1S/C15H21N3S/c1-11-2-4-13(5-3-11)16-15(19)17-14-10-18-8-6-12(14)7-9-18/h2-5,12,14H,6-10H2,1H3,(H2,16,17,19). The molecule has 0 aliphatic carbocycles. The van der Waals surface area contributed by atoms with E-state index in [0.29, 0.717) is 6.04 Å². The second kappa shape index (κ2) is 5.47. The third kappa shape index (κ3) is 3.07. The summed E-state index contributed by atoms with van der Waals surface area (Å²) in [5, 5.41) is 7.52. The van der Waals surface area contributed by atoms with Crippen LogP contribution in [0.25, 0.3) is 0 Å². The third-order valence-corrected chi connectivity index (χ3v) is 4.50. The van der Waals surface area contributed by atoms with E-state index in [9.17, 15) is 0 Å². The van der Waals surface area contributed by atoms with Gasteiger partial charge in [0.15, 0.2) is 5.11 Å². The van der Waals surface area contributed by atoms with Gasteiger partial charge in [0.2, 0.25) is 0 Å². The lowest BCUT2D eigenvalue weighted by Gasteiger charge is -2.45. The van der Waals surface area contributed by atoms with Crippen LogP contribution in [0.1, 0.15) is 18.4 Å². The first-order chi connectivity index (χ1) is 9.20. The maximum atomic E-state index is 5.42. The number of hydrogen-bond donors (Lipinski definition) is 2. The summed E-state index contributed by atoms with van der Waals surface area (Å²) in [5.74, 6) is 0.794. The van der Waals surface area contributed by atoms with Gasteiger partial charge in [-0.25, -0.2) is 0 Å². The Kier molecular flexibility index (Phi) is 3.71. The number of piperidine rings is 3. The Balaban J connectivity index is 1.55. The van der Waals surface area contributed by atoms with Crippen LogP contribution < -0.4 is 10.6 Å². The summed E-state index contributed by atoms with van der Waals surface area (Å²) in [6.45, 7) is 5.76. The van der Waals surface area contributed by atoms with Crippen molar-refractivity contribution in [1.82, 2.24) is 10.2 Å². The fourth-order valence-electron chi connectivity index (χ4n) is 3.10. The summed E-state index contributed by atoms with van der Waals surface area (Å²) >= 11 is 5.42. The van der Waals surface area contributed by atoms with Crippen LogP contribution in [0.5, 0.6) is 0 Å². The van der Waals surface area contributed by atoms with E-state index in [4.69, 9.17) is 12.2 Å². The lowest BCUT2D eigenvalue weighted by Crippen LogP contribution is -2.57. The van der Waals surface area contributed by atoms with Crippen molar-refractivity contribution in [3.63, 3.8) is 0 Å². The van der Waals surface area contributed by atoms with E-state index in [1.54, 1.807) is 0 Å². The summed E-state index contributed by atoms with van der Waals surface area (Å²) in [4.78, 5) is 2.53. The average molecular weight is 275 g/mol. The molecular formula is C15H21N3S. The van der Waals surface area contributed by atoms with E-state index in [1.165, 1.54) is 31.5 Å². The first-order valence-electron chi connectivity index (χ1n) is 7.07. The molecule has 1 aromatic carbocycles. The summed E-state index contributed by atoms with van der Waals surface area (Å²) in [5.41, 5.74) is 2.33. The normalized spacial score (nSPS) is 29.0. The molecule has 3 heterocycles. The van der Waals surface area contributed by atoms with Gasteiger partial charge in [-0.15, -0.1) is 0 Å². The van der Waals surface area contributed by atoms with Crippen LogP contribution in [0.2, 0.25) is 0 Å². The van der Waals surface area contributed by atoms with Crippen molar-refractivity contribution >= 4 is 23.0 Å². The van der Waals surface area contributed by atoms with Crippen LogP contribution in [-0.4, -0.2) is 35.7 Å². The zero-order chi connectivity index (χ0) is 13.2. The Labute approximate surface area is 120 Å². The first kappa shape index (κ1) is 12.9. The van der Waals surface area contributed by atoms with Gasteiger partial charge in [0.05, 0.1) is 0 Å². The highest BCUT2D eigenvalue weighted by Crippen LogP contribution is 2.27. The minimum atomic E-state index is 0.521. The zero-order valence-electron chi connectivity index (χ0n) is 11.4. The molecule has 3 aliphatic rings. The van der Waals surface area contributed by atoms with Crippen molar-refractivity contribution in [1.29, 1.82) is 0 Å². The largest absolute Gasteiger partial charge is 0.358 e. The van der Waals surface area contributed by atoms with E-state index < -0.39 is 0 Å². The van der Waals surface area contributed by atoms with E-state index in [0.717, 1.165) is 23.3 Å². The third-order valence-electron chi connectivity index (χ3n) is 4.28. The zero-order valence-corrected chi connectivity index (χ0v) is 12.2. The number of thiocarbonyl (C=S) groups is 1. The maximum Gasteiger partial charge on any atom is 0.171 e. The van der Waals surface area contributed by atoms with Gasteiger partial charge in [-0.1, -0.05) is 17.7 Å². The minimum Gasteiger partial charge on any atom is -0.358 e. The lowest BCUT2D eigenvalue weighted by atomic mass is 9.84. The monoisotopic (exact) mass is 275 g/mol. The maximum absolute atomic E-state index is 5.42. The van der Waals surface area contributed by atoms with E-state index >= 15 is 0 Å². The smallest absolute Gasteiger partial charge is 0.171 e. The number of benzene rings is 1. The molecular weight excluding hydrogens is 254 g/mol. The van der Waals surface area contributed by atoms with E-state index in [2.05, 4.69) is 46.7 Å². The number of hydrogen-bond acceptors (Lipinski definition) is 2.